The first kappa shape index (κ1) is 10.3. The topological polar surface area (TPSA) is 42.7 Å². The van der Waals surface area contributed by atoms with E-state index in [1.54, 1.807) is 12.7 Å². The lowest BCUT2D eigenvalue weighted by atomic mass is 10.2. The fourth-order valence-corrected chi connectivity index (χ4v) is 1.87. The highest BCUT2D eigenvalue weighted by Gasteiger charge is 2.20. The van der Waals surface area contributed by atoms with Gasteiger partial charge in [-0.1, -0.05) is 12.1 Å². The third-order valence-electron chi connectivity index (χ3n) is 3.03. The zero-order valence-corrected chi connectivity index (χ0v) is 9.71. The minimum atomic E-state index is 0.777. The van der Waals surface area contributed by atoms with Gasteiger partial charge in [-0.05, 0) is 36.5 Å². The van der Waals surface area contributed by atoms with Crippen LogP contribution in [0.15, 0.2) is 36.9 Å². The lowest BCUT2D eigenvalue weighted by molar-refractivity contribution is 0.685. The van der Waals surface area contributed by atoms with Crippen molar-refractivity contribution in [3.05, 3.63) is 42.5 Å². The monoisotopic (exact) mass is 228 g/mol. The van der Waals surface area contributed by atoms with Crippen LogP contribution < -0.4 is 5.32 Å². The Morgan fingerprint density at radius 3 is 3.06 bits per heavy atom. The lowest BCUT2D eigenvalue weighted by Gasteiger charge is -2.07. The van der Waals surface area contributed by atoms with Crippen molar-refractivity contribution in [1.82, 2.24) is 14.8 Å². The zero-order valence-electron chi connectivity index (χ0n) is 9.71. The fraction of sp³-hybridized carbons (Fsp3) is 0.385. The van der Waals surface area contributed by atoms with Crippen molar-refractivity contribution in [2.75, 3.05) is 11.9 Å². The van der Waals surface area contributed by atoms with Gasteiger partial charge in [0.25, 0.3) is 0 Å². The smallest absolute Gasteiger partial charge is 0.137 e. The minimum absolute atomic E-state index is 0.777. The van der Waals surface area contributed by atoms with Gasteiger partial charge in [0.15, 0.2) is 0 Å². The van der Waals surface area contributed by atoms with Gasteiger partial charge in [-0.15, -0.1) is 0 Å². The van der Waals surface area contributed by atoms with Crippen LogP contribution >= 0.6 is 0 Å². The van der Waals surface area contributed by atoms with Crippen molar-refractivity contribution >= 4 is 5.69 Å². The van der Waals surface area contributed by atoms with E-state index in [0.29, 0.717) is 0 Å². The number of anilines is 1. The summed E-state index contributed by atoms with van der Waals surface area (Å²) in [7, 11) is 0. The second kappa shape index (κ2) is 4.57. The molecule has 17 heavy (non-hydrogen) atoms. The maximum Gasteiger partial charge on any atom is 0.137 e. The molecule has 0 atom stereocenters. The van der Waals surface area contributed by atoms with Gasteiger partial charge < -0.3 is 5.32 Å². The second-order valence-electron chi connectivity index (χ2n) is 4.62. The van der Waals surface area contributed by atoms with Gasteiger partial charge in [-0.2, -0.15) is 5.10 Å². The molecule has 3 rings (SSSR count). The third-order valence-corrected chi connectivity index (χ3v) is 3.03. The van der Waals surface area contributed by atoms with E-state index in [1.807, 2.05) is 4.68 Å². The van der Waals surface area contributed by atoms with E-state index in [9.17, 15) is 0 Å². The molecule has 1 fully saturated rings. The molecule has 1 aliphatic rings. The molecule has 1 heterocycles. The summed E-state index contributed by atoms with van der Waals surface area (Å²) < 4.78 is 1.83. The molecular weight excluding hydrogens is 212 g/mol. The van der Waals surface area contributed by atoms with Crippen molar-refractivity contribution in [3.63, 3.8) is 0 Å². The first-order valence-electron chi connectivity index (χ1n) is 6.05. The van der Waals surface area contributed by atoms with Crippen molar-refractivity contribution in [3.8, 4) is 0 Å². The van der Waals surface area contributed by atoms with Crippen molar-refractivity contribution in [2.24, 2.45) is 5.92 Å². The molecule has 0 saturated heterocycles. The molecule has 0 unspecified atom stereocenters. The van der Waals surface area contributed by atoms with Gasteiger partial charge >= 0.3 is 0 Å². The average molecular weight is 228 g/mol. The summed E-state index contributed by atoms with van der Waals surface area (Å²) in [4.78, 5) is 3.94. The van der Waals surface area contributed by atoms with Crippen LogP contribution in [-0.2, 0) is 6.54 Å². The number of aromatic nitrogens is 3. The van der Waals surface area contributed by atoms with Crippen LogP contribution in [0.5, 0.6) is 0 Å². The maximum atomic E-state index is 4.11. The van der Waals surface area contributed by atoms with Crippen LogP contribution in [0.1, 0.15) is 18.4 Å². The summed E-state index contributed by atoms with van der Waals surface area (Å²) >= 11 is 0. The summed E-state index contributed by atoms with van der Waals surface area (Å²) in [6.07, 6.45) is 6.07. The minimum Gasteiger partial charge on any atom is -0.385 e. The molecule has 0 amide bonds. The molecule has 0 radical (unpaired) electrons. The highest BCUT2D eigenvalue weighted by atomic mass is 15.3. The number of hydrogen-bond donors (Lipinski definition) is 1. The van der Waals surface area contributed by atoms with Crippen molar-refractivity contribution in [1.29, 1.82) is 0 Å². The number of benzene rings is 1. The largest absolute Gasteiger partial charge is 0.385 e. The average Bonchev–Trinajstić information content (AvgIpc) is 3.05. The van der Waals surface area contributed by atoms with E-state index < -0.39 is 0 Å². The highest BCUT2D eigenvalue weighted by Crippen LogP contribution is 2.28. The fourth-order valence-electron chi connectivity index (χ4n) is 1.87. The van der Waals surface area contributed by atoms with E-state index in [0.717, 1.165) is 19.0 Å². The molecule has 1 aliphatic carbocycles. The third kappa shape index (κ3) is 2.84. The van der Waals surface area contributed by atoms with Crippen LogP contribution in [0.25, 0.3) is 0 Å². The van der Waals surface area contributed by atoms with Gasteiger partial charge in [0, 0.05) is 12.2 Å². The predicted octanol–water partition coefficient (Wildman–Crippen LogP) is 2.15. The standard InChI is InChI=1S/C13H16N4/c1-2-12(8-17-10-14-9-16-17)6-13(3-1)15-7-11-4-5-11/h1-3,6,9-11,15H,4-5,7-8H2. The van der Waals surface area contributed by atoms with Crippen LogP contribution in [0.2, 0.25) is 0 Å². The number of nitrogens with one attached hydrogen (secondary N) is 1. The summed E-state index contributed by atoms with van der Waals surface area (Å²) in [5.74, 6) is 0.897. The lowest BCUT2D eigenvalue weighted by Crippen LogP contribution is -2.04. The van der Waals surface area contributed by atoms with Gasteiger partial charge in [0.05, 0.1) is 6.54 Å². The Hall–Kier alpha value is -1.84. The van der Waals surface area contributed by atoms with E-state index in [2.05, 4.69) is 39.7 Å². The van der Waals surface area contributed by atoms with Crippen molar-refractivity contribution < 1.29 is 0 Å². The molecule has 1 saturated carbocycles. The Balaban J connectivity index is 1.65. The molecule has 0 aliphatic heterocycles. The predicted molar refractivity (Wildman–Crippen MR) is 66.8 cm³/mol. The van der Waals surface area contributed by atoms with Crippen molar-refractivity contribution in [2.45, 2.75) is 19.4 Å². The highest BCUT2D eigenvalue weighted by molar-refractivity contribution is 5.45. The molecule has 1 aromatic heterocycles. The van der Waals surface area contributed by atoms with Gasteiger partial charge in [-0.3, -0.25) is 0 Å². The molecule has 88 valence electrons. The molecule has 0 bridgehead atoms. The molecular formula is C13H16N4. The SMILES string of the molecule is c1cc(Cn2cncn2)cc(NCC2CC2)c1. The summed E-state index contributed by atoms with van der Waals surface area (Å²) in [6, 6.07) is 8.50. The zero-order chi connectivity index (χ0) is 11.5. The van der Waals surface area contributed by atoms with Crippen LogP contribution in [0, 0.1) is 5.92 Å². The molecule has 1 N–H and O–H groups in total. The Labute approximate surface area is 101 Å². The molecule has 0 spiro atoms. The Morgan fingerprint density at radius 1 is 1.35 bits per heavy atom. The quantitative estimate of drug-likeness (QED) is 0.852. The molecule has 4 heteroatoms. The van der Waals surface area contributed by atoms with Crippen LogP contribution in [0.3, 0.4) is 0 Å². The summed E-state index contributed by atoms with van der Waals surface area (Å²) in [6.45, 7) is 1.88. The van der Waals surface area contributed by atoms with E-state index in [4.69, 9.17) is 0 Å². The first-order chi connectivity index (χ1) is 8.40. The number of nitrogens with zero attached hydrogens (tertiary/aromatic N) is 3. The molecule has 1 aromatic carbocycles. The Kier molecular flexibility index (Phi) is 2.78. The normalized spacial score (nSPS) is 14.8. The van der Waals surface area contributed by atoms with Crippen LogP contribution in [0.4, 0.5) is 5.69 Å². The summed E-state index contributed by atoms with van der Waals surface area (Å²) in [5.41, 5.74) is 2.45. The second-order valence-corrected chi connectivity index (χ2v) is 4.62. The maximum absolute atomic E-state index is 4.11. The van der Waals surface area contributed by atoms with Gasteiger partial charge in [0.2, 0.25) is 0 Å². The number of hydrogen-bond acceptors (Lipinski definition) is 3. The van der Waals surface area contributed by atoms with Gasteiger partial charge in [0.1, 0.15) is 12.7 Å². The molecule has 4 nitrogen and oxygen atoms in total. The number of rotatable bonds is 5. The van der Waals surface area contributed by atoms with E-state index in [-0.39, 0.29) is 0 Å². The van der Waals surface area contributed by atoms with Crippen LogP contribution in [-0.4, -0.2) is 21.3 Å². The Bertz CT molecular complexity index is 474. The first-order valence-corrected chi connectivity index (χ1v) is 6.05. The Morgan fingerprint density at radius 2 is 2.29 bits per heavy atom. The molecule has 2 aromatic rings. The summed E-state index contributed by atoms with van der Waals surface area (Å²) in [5, 5.41) is 7.59. The van der Waals surface area contributed by atoms with Gasteiger partial charge in [-0.25, -0.2) is 9.67 Å². The van der Waals surface area contributed by atoms with E-state index in [1.165, 1.54) is 24.1 Å². The van der Waals surface area contributed by atoms with E-state index >= 15 is 0 Å².